The van der Waals surface area contributed by atoms with Gasteiger partial charge in [0.05, 0.1) is 0 Å². The summed E-state index contributed by atoms with van der Waals surface area (Å²) < 4.78 is 0. The molecule has 0 heterocycles. The Morgan fingerprint density at radius 2 is 1.47 bits per heavy atom. The third-order valence-corrected chi connectivity index (χ3v) is 3.71. The first-order chi connectivity index (χ1) is 7.34. The zero-order valence-electron chi connectivity index (χ0n) is 9.21. The minimum Gasteiger partial charge on any atom is -0.286 e. The van der Waals surface area contributed by atoms with Crippen LogP contribution < -0.4 is 0 Å². The molecule has 1 saturated carbocycles. The normalized spacial score (nSPS) is 20.5. The van der Waals surface area contributed by atoms with E-state index in [1.807, 2.05) is 5.40 Å². The summed E-state index contributed by atoms with van der Waals surface area (Å²) in [4.78, 5) is 11.6. The SMILES string of the molecule is N#CSC(=O)C1CCCCCCCCC1. The second kappa shape index (κ2) is 7.76. The van der Waals surface area contributed by atoms with Crippen LogP contribution in [0.5, 0.6) is 0 Å². The highest BCUT2D eigenvalue weighted by atomic mass is 32.2. The summed E-state index contributed by atoms with van der Waals surface area (Å²) in [5, 5.41) is 10.5. The van der Waals surface area contributed by atoms with Crippen LogP contribution in [-0.4, -0.2) is 5.12 Å². The van der Waals surface area contributed by atoms with Gasteiger partial charge in [0, 0.05) is 17.7 Å². The fraction of sp³-hybridized carbons (Fsp3) is 0.833. The first-order valence-electron chi connectivity index (χ1n) is 5.94. The molecule has 0 saturated heterocycles. The smallest absolute Gasteiger partial charge is 0.206 e. The van der Waals surface area contributed by atoms with Gasteiger partial charge >= 0.3 is 0 Å². The fourth-order valence-electron chi connectivity index (χ4n) is 2.17. The standard InChI is InChI=1S/C12H19NOS/c13-10-15-12(14)11-8-6-4-2-1-3-5-7-9-11/h11H,1-9H2. The Labute approximate surface area is 96.4 Å². The molecule has 0 unspecified atom stereocenters. The fourth-order valence-corrected chi connectivity index (χ4v) is 2.67. The van der Waals surface area contributed by atoms with Crippen LogP contribution in [0.25, 0.3) is 0 Å². The topological polar surface area (TPSA) is 40.9 Å². The van der Waals surface area contributed by atoms with Crippen LogP contribution in [0.2, 0.25) is 0 Å². The second-order valence-electron chi connectivity index (χ2n) is 4.26. The van der Waals surface area contributed by atoms with Crippen LogP contribution >= 0.6 is 11.8 Å². The highest BCUT2D eigenvalue weighted by Crippen LogP contribution is 2.25. The summed E-state index contributed by atoms with van der Waals surface area (Å²) in [7, 11) is 0. The van der Waals surface area contributed by atoms with Crippen molar-refractivity contribution in [2.75, 3.05) is 0 Å². The molecule has 0 atom stereocenters. The van der Waals surface area contributed by atoms with E-state index in [0.717, 1.165) is 37.4 Å². The molecule has 0 radical (unpaired) electrons. The third kappa shape index (κ3) is 5.22. The molecule has 0 aromatic heterocycles. The predicted molar refractivity (Wildman–Crippen MR) is 63.3 cm³/mol. The van der Waals surface area contributed by atoms with Gasteiger partial charge in [-0.1, -0.05) is 44.9 Å². The molecule has 0 aromatic carbocycles. The minimum atomic E-state index is 0.0954. The van der Waals surface area contributed by atoms with Gasteiger partial charge in [-0.3, -0.25) is 4.79 Å². The van der Waals surface area contributed by atoms with Gasteiger partial charge in [0.25, 0.3) is 0 Å². The predicted octanol–water partition coefficient (Wildman–Crippen LogP) is 3.87. The molecular formula is C12H19NOS. The zero-order valence-corrected chi connectivity index (χ0v) is 10.0. The summed E-state index contributed by atoms with van der Waals surface area (Å²) in [6.07, 6.45) is 10.8. The maximum absolute atomic E-state index is 11.6. The number of hydrogen-bond donors (Lipinski definition) is 0. The van der Waals surface area contributed by atoms with Crippen LogP contribution in [0.4, 0.5) is 0 Å². The number of thiocyanates is 1. The Kier molecular flexibility index (Phi) is 6.50. The molecule has 3 heteroatoms. The van der Waals surface area contributed by atoms with Crippen LogP contribution in [0.1, 0.15) is 57.8 Å². The van der Waals surface area contributed by atoms with Gasteiger partial charge in [0.1, 0.15) is 5.40 Å². The molecule has 1 fully saturated rings. The Morgan fingerprint density at radius 1 is 1.00 bits per heavy atom. The molecule has 1 rings (SSSR count). The van der Waals surface area contributed by atoms with E-state index in [-0.39, 0.29) is 11.0 Å². The number of carbonyl (C=O) groups is 1. The highest BCUT2D eigenvalue weighted by molar-refractivity contribution is 8.17. The maximum atomic E-state index is 11.6. The van der Waals surface area contributed by atoms with Crippen LogP contribution in [-0.2, 0) is 4.79 Å². The van der Waals surface area contributed by atoms with Gasteiger partial charge in [-0.05, 0) is 12.8 Å². The molecule has 1 aliphatic carbocycles. The third-order valence-electron chi connectivity index (χ3n) is 3.08. The zero-order chi connectivity index (χ0) is 10.9. The molecule has 0 N–H and O–H groups in total. The van der Waals surface area contributed by atoms with E-state index in [9.17, 15) is 4.79 Å². The second-order valence-corrected chi connectivity index (χ2v) is 5.05. The van der Waals surface area contributed by atoms with E-state index in [1.54, 1.807) is 0 Å². The van der Waals surface area contributed by atoms with Crippen LogP contribution in [0.3, 0.4) is 0 Å². The Balaban J connectivity index is 2.38. The lowest BCUT2D eigenvalue weighted by molar-refractivity contribution is -0.114. The molecule has 0 spiro atoms. The lowest BCUT2D eigenvalue weighted by atomic mass is 9.93. The van der Waals surface area contributed by atoms with E-state index in [0.29, 0.717) is 0 Å². The molecule has 15 heavy (non-hydrogen) atoms. The summed E-state index contributed by atoms with van der Waals surface area (Å²) >= 11 is 0.833. The quantitative estimate of drug-likeness (QED) is 0.636. The Morgan fingerprint density at radius 3 is 1.93 bits per heavy atom. The van der Waals surface area contributed by atoms with Crippen molar-refractivity contribution in [3.8, 4) is 5.40 Å². The Hall–Kier alpha value is -0.490. The van der Waals surface area contributed by atoms with Gasteiger partial charge in [-0.25, -0.2) is 0 Å². The average molecular weight is 225 g/mol. The molecule has 1 aliphatic rings. The van der Waals surface area contributed by atoms with Crippen molar-refractivity contribution >= 4 is 16.9 Å². The van der Waals surface area contributed by atoms with Crippen LogP contribution in [0, 0.1) is 16.6 Å². The van der Waals surface area contributed by atoms with Crippen molar-refractivity contribution in [1.82, 2.24) is 0 Å². The van der Waals surface area contributed by atoms with Gasteiger partial charge in [-0.2, -0.15) is 5.26 Å². The van der Waals surface area contributed by atoms with E-state index in [1.165, 1.54) is 32.1 Å². The molecule has 0 aliphatic heterocycles. The Bertz CT molecular complexity index is 224. The lowest BCUT2D eigenvalue weighted by Crippen LogP contribution is -2.11. The molecular weight excluding hydrogens is 206 g/mol. The molecule has 0 bridgehead atoms. The van der Waals surface area contributed by atoms with E-state index in [4.69, 9.17) is 5.26 Å². The summed E-state index contributed by atoms with van der Waals surface area (Å²) in [6.45, 7) is 0. The van der Waals surface area contributed by atoms with Crippen molar-refractivity contribution in [3.63, 3.8) is 0 Å². The van der Waals surface area contributed by atoms with Gasteiger partial charge < -0.3 is 0 Å². The van der Waals surface area contributed by atoms with Gasteiger partial charge in [0.2, 0.25) is 5.12 Å². The first-order valence-corrected chi connectivity index (χ1v) is 6.76. The van der Waals surface area contributed by atoms with Crippen molar-refractivity contribution in [2.45, 2.75) is 57.8 Å². The van der Waals surface area contributed by atoms with Crippen LogP contribution in [0.15, 0.2) is 0 Å². The van der Waals surface area contributed by atoms with Crippen molar-refractivity contribution in [2.24, 2.45) is 5.92 Å². The average Bonchev–Trinajstić information content (AvgIpc) is 2.26. The summed E-state index contributed by atoms with van der Waals surface area (Å²) in [6, 6.07) is 0. The van der Waals surface area contributed by atoms with Crippen molar-refractivity contribution in [1.29, 1.82) is 5.26 Å². The van der Waals surface area contributed by atoms with E-state index >= 15 is 0 Å². The maximum Gasteiger partial charge on any atom is 0.206 e. The molecule has 0 aromatic rings. The lowest BCUT2D eigenvalue weighted by Gasteiger charge is -2.15. The first kappa shape index (κ1) is 12.6. The number of thioether (sulfide) groups is 1. The minimum absolute atomic E-state index is 0.0954. The number of carbonyl (C=O) groups excluding carboxylic acids is 1. The van der Waals surface area contributed by atoms with Crippen molar-refractivity contribution < 1.29 is 4.79 Å². The molecule has 2 nitrogen and oxygen atoms in total. The summed E-state index contributed by atoms with van der Waals surface area (Å²) in [5.41, 5.74) is 0. The number of nitriles is 1. The molecule has 0 amide bonds. The van der Waals surface area contributed by atoms with Gasteiger partial charge in [0.15, 0.2) is 0 Å². The number of rotatable bonds is 1. The van der Waals surface area contributed by atoms with Crippen molar-refractivity contribution in [3.05, 3.63) is 0 Å². The molecule has 84 valence electrons. The number of hydrogen-bond acceptors (Lipinski definition) is 3. The highest BCUT2D eigenvalue weighted by Gasteiger charge is 2.18. The van der Waals surface area contributed by atoms with E-state index in [2.05, 4.69) is 0 Å². The monoisotopic (exact) mass is 225 g/mol. The summed E-state index contributed by atoms with van der Waals surface area (Å²) in [5.74, 6) is 0.146. The van der Waals surface area contributed by atoms with Gasteiger partial charge in [-0.15, -0.1) is 0 Å². The number of nitrogens with zero attached hydrogens (tertiary/aromatic N) is 1. The largest absolute Gasteiger partial charge is 0.286 e. The van der Waals surface area contributed by atoms with E-state index < -0.39 is 0 Å².